The number of carboxylic acids is 1. The number of aliphatic carboxylic acids is 1. The van der Waals surface area contributed by atoms with Crippen molar-refractivity contribution in [1.29, 1.82) is 0 Å². The Morgan fingerprint density at radius 1 is 1.21 bits per heavy atom. The van der Waals surface area contributed by atoms with Gasteiger partial charge in [-0.1, -0.05) is 19.1 Å². The molecule has 0 aliphatic rings. The highest BCUT2D eigenvalue weighted by molar-refractivity contribution is 6.02. The van der Waals surface area contributed by atoms with Crippen molar-refractivity contribution in [2.24, 2.45) is 0 Å². The average Bonchev–Trinajstić information content (AvgIpc) is 3.04. The number of nitrogens with zero attached hydrogens (tertiary/aromatic N) is 1. The number of nitrogens with one attached hydrogen (secondary N) is 3. The third-order valence-electron chi connectivity index (χ3n) is 3.26. The van der Waals surface area contributed by atoms with Crippen molar-refractivity contribution < 1.29 is 19.5 Å². The van der Waals surface area contributed by atoms with Crippen LogP contribution in [0.2, 0.25) is 0 Å². The fourth-order valence-corrected chi connectivity index (χ4v) is 1.98. The third-order valence-corrected chi connectivity index (χ3v) is 3.26. The molecule has 0 saturated heterocycles. The van der Waals surface area contributed by atoms with E-state index in [1.807, 2.05) is 6.92 Å². The largest absolute Gasteiger partial charge is 0.480 e. The first-order valence-electron chi connectivity index (χ1n) is 7.41. The van der Waals surface area contributed by atoms with E-state index in [2.05, 4.69) is 20.8 Å². The maximum atomic E-state index is 12.0. The van der Waals surface area contributed by atoms with Crippen LogP contribution in [0.15, 0.2) is 30.3 Å². The van der Waals surface area contributed by atoms with E-state index in [4.69, 9.17) is 5.11 Å². The number of anilines is 1. The minimum atomic E-state index is -1.09. The molecule has 2 rings (SSSR count). The highest BCUT2D eigenvalue weighted by Crippen LogP contribution is 2.12. The fourth-order valence-electron chi connectivity index (χ4n) is 1.98. The Morgan fingerprint density at radius 3 is 2.50 bits per heavy atom. The Morgan fingerprint density at radius 2 is 1.92 bits per heavy atom. The summed E-state index contributed by atoms with van der Waals surface area (Å²) in [5.74, 6) is -1.79. The van der Waals surface area contributed by atoms with Gasteiger partial charge in [0.2, 0.25) is 5.91 Å². The van der Waals surface area contributed by atoms with Crippen molar-refractivity contribution in [2.45, 2.75) is 19.8 Å². The van der Waals surface area contributed by atoms with E-state index < -0.39 is 12.5 Å². The molecule has 2 amide bonds. The van der Waals surface area contributed by atoms with Crippen molar-refractivity contribution in [2.75, 3.05) is 11.9 Å². The molecule has 0 bridgehead atoms. The van der Waals surface area contributed by atoms with E-state index in [9.17, 15) is 14.4 Å². The molecule has 0 spiro atoms. The second-order valence-corrected chi connectivity index (χ2v) is 5.13. The molecule has 8 heteroatoms. The van der Waals surface area contributed by atoms with E-state index in [1.165, 1.54) is 0 Å². The second kappa shape index (κ2) is 7.91. The molecule has 8 nitrogen and oxygen atoms in total. The number of aryl methyl sites for hydroxylation is 1. The van der Waals surface area contributed by atoms with Crippen LogP contribution in [0.1, 0.15) is 28.7 Å². The fraction of sp³-hybridized carbons (Fsp3) is 0.250. The molecule has 0 aliphatic carbocycles. The smallest absolute Gasteiger partial charge is 0.322 e. The lowest BCUT2D eigenvalue weighted by Gasteiger charge is -2.06. The predicted octanol–water partition coefficient (Wildman–Crippen LogP) is 0.968. The van der Waals surface area contributed by atoms with Crippen LogP contribution in [-0.4, -0.2) is 39.6 Å². The van der Waals surface area contributed by atoms with Gasteiger partial charge in [0, 0.05) is 11.4 Å². The van der Waals surface area contributed by atoms with Gasteiger partial charge in [0.05, 0.1) is 6.42 Å². The van der Waals surface area contributed by atoms with E-state index in [0.717, 1.165) is 12.1 Å². The first-order chi connectivity index (χ1) is 11.5. The van der Waals surface area contributed by atoms with Gasteiger partial charge in [-0.2, -0.15) is 5.10 Å². The van der Waals surface area contributed by atoms with Gasteiger partial charge < -0.3 is 15.7 Å². The molecule has 1 aromatic carbocycles. The number of aromatic nitrogens is 2. The number of benzene rings is 1. The van der Waals surface area contributed by atoms with Gasteiger partial charge in [-0.25, -0.2) is 0 Å². The Balaban J connectivity index is 1.90. The summed E-state index contributed by atoms with van der Waals surface area (Å²) in [6.07, 6.45) is 0.833. The van der Waals surface area contributed by atoms with Crippen LogP contribution in [0.5, 0.6) is 0 Å². The molecular formula is C16H18N4O4. The molecule has 0 unspecified atom stereocenters. The topological polar surface area (TPSA) is 124 Å². The lowest BCUT2D eigenvalue weighted by atomic mass is 10.1. The Hall–Kier alpha value is -3.16. The number of amides is 2. The van der Waals surface area contributed by atoms with Crippen LogP contribution in [0.4, 0.5) is 5.69 Å². The van der Waals surface area contributed by atoms with E-state index >= 15 is 0 Å². The molecule has 24 heavy (non-hydrogen) atoms. The lowest BCUT2D eigenvalue weighted by Crippen LogP contribution is -2.30. The van der Waals surface area contributed by atoms with Gasteiger partial charge in [0.1, 0.15) is 6.54 Å². The van der Waals surface area contributed by atoms with Crippen molar-refractivity contribution in [3.8, 4) is 0 Å². The number of carbonyl (C=O) groups excluding carboxylic acids is 2. The molecule has 0 fully saturated rings. The van der Waals surface area contributed by atoms with Gasteiger partial charge in [-0.15, -0.1) is 0 Å². The van der Waals surface area contributed by atoms with Crippen LogP contribution in [-0.2, 0) is 22.4 Å². The van der Waals surface area contributed by atoms with Gasteiger partial charge >= 0.3 is 5.97 Å². The van der Waals surface area contributed by atoms with Gasteiger partial charge in [0.15, 0.2) is 5.69 Å². The number of carboxylic acid groups (broad SMARTS) is 1. The van der Waals surface area contributed by atoms with Crippen LogP contribution < -0.4 is 10.6 Å². The summed E-state index contributed by atoms with van der Waals surface area (Å²) < 4.78 is 0. The number of rotatable bonds is 7. The van der Waals surface area contributed by atoms with E-state index in [0.29, 0.717) is 16.9 Å². The predicted molar refractivity (Wildman–Crippen MR) is 86.7 cm³/mol. The SMILES string of the molecule is CCc1cc(C(=O)Nc2ccc(CC(=O)NCC(=O)O)cc2)n[nH]1. The van der Waals surface area contributed by atoms with E-state index in [1.54, 1.807) is 30.3 Å². The average molecular weight is 330 g/mol. The zero-order chi connectivity index (χ0) is 17.5. The molecule has 0 radical (unpaired) electrons. The standard InChI is InChI=1S/C16H18N4O4/c1-2-11-8-13(20-19-11)16(24)18-12-5-3-10(4-6-12)7-14(21)17-9-15(22)23/h3-6,8H,2,7,9H2,1H3,(H,17,21)(H,18,24)(H,19,20)(H,22,23). The minimum absolute atomic E-state index is 0.0702. The quantitative estimate of drug-likeness (QED) is 0.602. The van der Waals surface area contributed by atoms with Crippen molar-refractivity contribution in [3.63, 3.8) is 0 Å². The number of hydrogen-bond acceptors (Lipinski definition) is 4. The maximum Gasteiger partial charge on any atom is 0.322 e. The van der Waals surface area contributed by atoms with Crippen LogP contribution in [0, 0.1) is 0 Å². The number of H-pyrrole nitrogens is 1. The lowest BCUT2D eigenvalue weighted by molar-refractivity contribution is -0.137. The molecule has 0 saturated carbocycles. The zero-order valence-electron chi connectivity index (χ0n) is 13.1. The second-order valence-electron chi connectivity index (χ2n) is 5.13. The molecule has 0 atom stereocenters. The van der Waals surface area contributed by atoms with Crippen molar-refractivity contribution in [3.05, 3.63) is 47.3 Å². The monoisotopic (exact) mass is 330 g/mol. The van der Waals surface area contributed by atoms with Crippen LogP contribution in [0.3, 0.4) is 0 Å². The molecule has 126 valence electrons. The summed E-state index contributed by atoms with van der Waals surface area (Å²) in [5.41, 5.74) is 2.48. The zero-order valence-corrected chi connectivity index (χ0v) is 13.1. The van der Waals surface area contributed by atoms with Gasteiger partial charge in [-0.05, 0) is 30.2 Å². The summed E-state index contributed by atoms with van der Waals surface area (Å²) in [7, 11) is 0. The molecule has 0 aliphatic heterocycles. The number of carbonyl (C=O) groups is 3. The summed E-state index contributed by atoms with van der Waals surface area (Å²) in [4.78, 5) is 34.0. The van der Waals surface area contributed by atoms with Crippen LogP contribution in [0.25, 0.3) is 0 Å². The summed E-state index contributed by atoms with van der Waals surface area (Å²) in [6, 6.07) is 8.42. The Labute approximate surface area is 138 Å². The van der Waals surface area contributed by atoms with Crippen molar-refractivity contribution in [1.82, 2.24) is 15.5 Å². The Kier molecular flexibility index (Phi) is 5.67. The minimum Gasteiger partial charge on any atom is -0.480 e. The number of aromatic amines is 1. The molecular weight excluding hydrogens is 312 g/mol. The first-order valence-corrected chi connectivity index (χ1v) is 7.41. The molecule has 1 aromatic heterocycles. The third kappa shape index (κ3) is 4.94. The molecule has 4 N–H and O–H groups in total. The van der Waals surface area contributed by atoms with Crippen LogP contribution >= 0.6 is 0 Å². The van der Waals surface area contributed by atoms with Crippen molar-refractivity contribution >= 4 is 23.5 Å². The summed E-state index contributed by atoms with van der Waals surface area (Å²) >= 11 is 0. The summed E-state index contributed by atoms with van der Waals surface area (Å²) in [6.45, 7) is 1.55. The molecule has 2 aromatic rings. The maximum absolute atomic E-state index is 12.0. The first kappa shape index (κ1) is 17.2. The van der Waals surface area contributed by atoms with Gasteiger partial charge in [-0.3, -0.25) is 19.5 Å². The molecule has 1 heterocycles. The normalized spacial score (nSPS) is 10.2. The van der Waals surface area contributed by atoms with E-state index in [-0.39, 0.29) is 18.2 Å². The highest BCUT2D eigenvalue weighted by Gasteiger charge is 2.10. The Bertz CT molecular complexity index is 737. The summed E-state index contributed by atoms with van der Waals surface area (Å²) in [5, 5.41) is 20.2. The van der Waals surface area contributed by atoms with Gasteiger partial charge in [0.25, 0.3) is 5.91 Å². The highest BCUT2D eigenvalue weighted by atomic mass is 16.4. The number of hydrogen-bond donors (Lipinski definition) is 4.